The molecule has 4 nitrogen and oxygen atoms in total. The summed E-state index contributed by atoms with van der Waals surface area (Å²) in [5.74, 6) is 7.53. The van der Waals surface area contributed by atoms with E-state index in [0.717, 1.165) is 30.8 Å². The molecule has 0 fully saturated rings. The number of carbonyl (C=O) groups excluding carboxylic acids is 1. The maximum atomic E-state index is 11.7. The molecule has 0 aromatic rings. The van der Waals surface area contributed by atoms with E-state index in [1.165, 1.54) is 0 Å². The number of carbonyl (C=O) groups is 1. The van der Waals surface area contributed by atoms with E-state index < -0.39 is 0 Å². The Morgan fingerprint density at radius 1 is 1.38 bits per heavy atom. The van der Waals surface area contributed by atoms with Crippen molar-refractivity contribution in [1.29, 1.82) is 0 Å². The van der Waals surface area contributed by atoms with Crippen LogP contribution in [0.4, 0.5) is 0 Å². The first-order valence-corrected chi connectivity index (χ1v) is 8.18. The zero-order valence-electron chi connectivity index (χ0n) is 9.91. The Labute approximate surface area is 106 Å². The molecule has 96 valence electrons. The zero-order valence-corrected chi connectivity index (χ0v) is 11.5. The van der Waals surface area contributed by atoms with E-state index >= 15 is 0 Å². The Morgan fingerprint density at radius 3 is 2.69 bits per heavy atom. The van der Waals surface area contributed by atoms with Crippen molar-refractivity contribution in [3.05, 3.63) is 0 Å². The molecular weight excluding hydrogens is 242 g/mol. The zero-order chi connectivity index (χ0) is 12.2. The Hall–Kier alpha value is 0.250. The fraction of sp³-hybridized carbons (Fsp3) is 0.900. The molecule has 0 aliphatic rings. The summed E-state index contributed by atoms with van der Waals surface area (Å²) in [7, 11) is 3.53. The summed E-state index contributed by atoms with van der Waals surface area (Å²) in [5.41, 5.74) is 8.00. The summed E-state index contributed by atoms with van der Waals surface area (Å²) in [4.78, 5) is 11.7. The lowest BCUT2D eigenvalue weighted by molar-refractivity contribution is -0.120. The molecule has 0 rings (SSSR count). The fourth-order valence-electron chi connectivity index (χ4n) is 1.29. The Bertz CT molecular complexity index is 181. The van der Waals surface area contributed by atoms with E-state index in [0.29, 0.717) is 13.0 Å². The van der Waals surface area contributed by atoms with Gasteiger partial charge >= 0.3 is 0 Å². The molecule has 0 spiro atoms. The minimum atomic E-state index is -0.196. The van der Waals surface area contributed by atoms with Crippen molar-refractivity contribution in [3.8, 4) is 0 Å². The van der Waals surface area contributed by atoms with Crippen molar-refractivity contribution >= 4 is 27.4 Å². The van der Waals surface area contributed by atoms with E-state index in [2.05, 4.69) is 12.3 Å². The first-order chi connectivity index (χ1) is 7.76. The van der Waals surface area contributed by atoms with Crippen molar-refractivity contribution in [2.24, 2.45) is 11.6 Å². The molecule has 0 aliphatic heterocycles. The summed E-state index contributed by atoms with van der Waals surface area (Å²) in [6.07, 6.45) is 3.28. The lowest BCUT2D eigenvalue weighted by Crippen LogP contribution is -2.41. The van der Waals surface area contributed by atoms with Crippen LogP contribution in [-0.4, -0.2) is 29.9 Å². The molecule has 0 radical (unpaired) electrons. The van der Waals surface area contributed by atoms with Crippen LogP contribution in [0.15, 0.2) is 0 Å². The van der Waals surface area contributed by atoms with Crippen LogP contribution >= 0.6 is 21.6 Å². The van der Waals surface area contributed by atoms with Gasteiger partial charge < -0.3 is 5.73 Å². The van der Waals surface area contributed by atoms with E-state index in [9.17, 15) is 4.79 Å². The highest BCUT2D eigenvalue weighted by molar-refractivity contribution is 8.76. The predicted molar refractivity (Wildman–Crippen MR) is 74.2 cm³/mol. The third kappa shape index (κ3) is 8.41. The van der Waals surface area contributed by atoms with E-state index in [-0.39, 0.29) is 11.8 Å². The number of hydrazine groups is 1. The van der Waals surface area contributed by atoms with E-state index in [1.807, 2.05) is 0 Å². The van der Waals surface area contributed by atoms with Gasteiger partial charge in [0.05, 0.1) is 6.04 Å². The number of nitrogens with two attached hydrogens (primary N) is 2. The summed E-state index contributed by atoms with van der Waals surface area (Å²) in [6, 6.07) is -0.196. The van der Waals surface area contributed by atoms with Crippen LogP contribution in [0.1, 0.15) is 32.6 Å². The number of rotatable bonds is 11. The third-order valence-corrected chi connectivity index (χ3v) is 4.65. The van der Waals surface area contributed by atoms with Gasteiger partial charge in [0.25, 0.3) is 0 Å². The van der Waals surface area contributed by atoms with Gasteiger partial charge in [-0.15, -0.1) is 0 Å². The average molecular weight is 265 g/mol. The lowest BCUT2D eigenvalue weighted by Gasteiger charge is -2.13. The van der Waals surface area contributed by atoms with Gasteiger partial charge in [-0.05, 0) is 19.4 Å². The van der Waals surface area contributed by atoms with Gasteiger partial charge in [-0.2, -0.15) is 0 Å². The molecule has 0 amide bonds. The molecule has 0 aliphatic carbocycles. The molecule has 0 aromatic carbocycles. The second-order valence-corrected chi connectivity index (χ2v) is 6.32. The van der Waals surface area contributed by atoms with Crippen molar-refractivity contribution < 1.29 is 4.79 Å². The topological polar surface area (TPSA) is 81.1 Å². The Kier molecular flexibility index (Phi) is 11.9. The second kappa shape index (κ2) is 11.7. The number of unbranched alkanes of at least 4 members (excludes halogenated alkanes) is 1. The smallest absolute Gasteiger partial charge is 0.151 e. The molecule has 0 heterocycles. The Balaban J connectivity index is 3.65. The number of nitrogens with one attached hydrogen (secondary N) is 1. The van der Waals surface area contributed by atoms with Crippen LogP contribution in [0.2, 0.25) is 0 Å². The van der Waals surface area contributed by atoms with Crippen LogP contribution in [0.3, 0.4) is 0 Å². The minimum Gasteiger partial charge on any atom is -0.330 e. The van der Waals surface area contributed by atoms with Gasteiger partial charge in [0.15, 0.2) is 5.78 Å². The first-order valence-electron chi connectivity index (χ1n) is 5.69. The minimum absolute atomic E-state index is 0.196. The lowest BCUT2D eigenvalue weighted by atomic mass is 10.0. The summed E-state index contributed by atoms with van der Waals surface area (Å²) in [6.45, 7) is 2.78. The van der Waals surface area contributed by atoms with Crippen molar-refractivity contribution in [2.75, 3.05) is 18.1 Å². The predicted octanol–water partition coefficient (Wildman–Crippen LogP) is 1.31. The van der Waals surface area contributed by atoms with Crippen molar-refractivity contribution in [1.82, 2.24) is 5.43 Å². The molecule has 1 atom stereocenters. The number of hydrogen-bond acceptors (Lipinski definition) is 6. The average Bonchev–Trinajstić information content (AvgIpc) is 2.30. The maximum Gasteiger partial charge on any atom is 0.151 e. The summed E-state index contributed by atoms with van der Waals surface area (Å²) in [5, 5.41) is 0. The van der Waals surface area contributed by atoms with Crippen LogP contribution < -0.4 is 17.0 Å². The van der Waals surface area contributed by atoms with Crippen LogP contribution in [0.5, 0.6) is 0 Å². The summed E-state index contributed by atoms with van der Waals surface area (Å²) < 4.78 is 0. The van der Waals surface area contributed by atoms with Gasteiger partial charge in [-0.3, -0.25) is 10.6 Å². The van der Waals surface area contributed by atoms with Gasteiger partial charge in [-0.1, -0.05) is 34.9 Å². The van der Waals surface area contributed by atoms with Gasteiger partial charge in [-0.25, -0.2) is 5.43 Å². The van der Waals surface area contributed by atoms with Crippen LogP contribution in [0.25, 0.3) is 0 Å². The largest absolute Gasteiger partial charge is 0.330 e. The third-order valence-electron chi connectivity index (χ3n) is 2.17. The van der Waals surface area contributed by atoms with E-state index in [1.54, 1.807) is 21.6 Å². The van der Waals surface area contributed by atoms with E-state index in [4.69, 9.17) is 11.6 Å². The van der Waals surface area contributed by atoms with Gasteiger partial charge in [0.2, 0.25) is 0 Å². The van der Waals surface area contributed by atoms with Gasteiger partial charge in [0.1, 0.15) is 0 Å². The molecule has 0 saturated carbocycles. The van der Waals surface area contributed by atoms with Crippen molar-refractivity contribution in [2.45, 2.75) is 38.6 Å². The highest BCUT2D eigenvalue weighted by atomic mass is 33.1. The van der Waals surface area contributed by atoms with Gasteiger partial charge in [0, 0.05) is 17.9 Å². The molecule has 0 saturated heterocycles. The highest BCUT2D eigenvalue weighted by Crippen LogP contribution is 2.21. The Morgan fingerprint density at radius 2 is 2.12 bits per heavy atom. The molecule has 16 heavy (non-hydrogen) atoms. The number of Topliss-reactive ketones (excluding diaryl/α,β-unsaturated/α-hetero) is 1. The SMILES string of the molecule is CCSSCCC(=O)[C@H](CCCCN)NN. The van der Waals surface area contributed by atoms with Crippen LogP contribution in [-0.2, 0) is 4.79 Å². The van der Waals surface area contributed by atoms with Crippen molar-refractivity contribution in [3.63, 3.8) is 0 Å². The normalized spacial score (nSPS) is 12.7. The first kappa shape index (κ1) is 16.2. The van der Waals surface area contributed by atoms with Crippen LogP contribution in [0, 0.1) is 0 Å². The highest BCUT2D eigenvalue weighted by Gasteiger charge is 2.15. The molecule has 0 aromatic heterocycles. The second-order valence-electron chi connectivity index (χ2n) is 3.45. The monoisotopic (exact) mass is 265 g/mol. The molecule has 6 heteroatoms. The molecule has 0 unspecified atom stereocenters. The molecule has 0 bridgehead atoms. The fourth-order valence-corrected chi connectivity index (χ4v) is 2.96. The molecular formula is C10H23N3OS2. The number of ketones is 1. The molecule has 5 N–H and O–H groups in total. The maximum absolute atomic E-state index is 11.7. The summed E-state index contributed by atoms with van der Waals surface area (Å²) >= 11 is 0. The number of hydrogen-bond donors (Lipinski definition) is 3. The quantitative estimate of drug-likeness (QED) is 0.226. The standard InChI is InChI=1S/C10H23N3OS2/c1-2-15-16-8-6-10(14)9(13-12)5-3-4-7-11/h9,13H,2-8,11-12H2,1H3/t9-/m0/s1.